The molecular formula is C11H10F3NO2. The molecule has 1 fully saturated rings. The van der Waals surface area contributed by atoms with Gasteiger partial charge in [0.15, 0.2) is 0 Å². The molecule has 3 nitrogen and oxygen atoms in total. The average molecular weight is 245 g/mol. The normalized spacial score (nSPS) is 20.6. The number of cyclic esters (lactones) is 1. The van der Waals surface area contributed by atoms with E-state index in [1.165, 1.54) is 17.0 Å². The zero-order chi connectivity index (χ0) is 12.6. The number of alkyl halides is 3. The zero-order valence-electron chi connectivity index (χ0n) is 8.99. The molecule has 6 heteroatoms. The number of hydrogen-bond donors (Lipinski definition) is 0. The summed E-state index contributed by atoms with van der Waals surface area (Å²) in [6.45, 7) is 2.02. The highest BCUT2D eigenvalue weighted by atomic mass is 19.4. The molecule has 0 aliphatic carbocycles. The lowest BCUT2D eigenvalue weighted by atomic mass is 10.2. The molecule has 0 spiro atoms. The van der Waals surface area contributed by atoms with Crippen LogP contribution in [-0.2, 0) is 10.9 Å². The molecule has 0 N–H and O–H groups in total. The smallest absolute Gasteiger partial charge is 0.416 e. The van der Waals surface area contributed by atoms with Crippen LogP contribution in [0.3, 0.4) is 0 Å². The van der Waals surface area contributed by atoms with E-state index in [2.05, 4.69) is 0 Å². The van der Waals surface area contributed by atoms with Gasteiger partial charge in [-0.2, -0.15) is 13.2 Å². The van der Waals surface area contributed by atoms with E-state index in [9.17, 15) is 18.0 Å². The number of benzene rings is 1. The Hall–Kier alpha value is -1.72. The fourth-order valence-electron chi connectivity index (χ4n) is 1.69. The Balaban J connectivity index is 2.27. The summed E-state index contributed by atoms with van der Waals surface area (Å²) in [4.78, 5) is 12.7. The van der Waals surface area contributed by atoms with Crippen molar-refractivity contribution in [3.8, 4) is 0 Å². The first-order valence-electron chi connectivity index (χ1n) is 5.03. The van der Waals surface area contributed by atoms with Crippen LogP contribution in [0.25, 0.3) is 0 Å². The first-order chi connectivity index (χ1) is 7.89. The molecule has 1 amide bonds. The zero-order valence-corrected chi connectivity index (χ0v) is 8.99. The van der Waals surface area contributed by atoms with Crippen molar-refractivity contribution in [2.45, 2.75) is 19.1 Å². The van der Waals surface area contributed by atoms with Crippen molar-refractivity contribution < 1.29 is 22.7 Å². The van der Waals surface area contributed by atoms with Crippen LogP contribution < -0.4 is 4.90 Å². The quantitative estimate of drug-likeness (QED) is 0.761. The maximum Gasteiger partial charge on any atom is 0.416 e. The molecule has 1 saturated heterocycles. The Morgan fingerprint density at radius 3 is 2.29 bits per heavy atom. The summed E-state index contributed by atoms with van der Waals surface area (Å²) in [7, 11) is 0. The summed E-state index contributed by atoms with van der Waals surface area (Å²) in [5.41, 5.74) is -0.325. The van der Waals surface area contributed by atoms with Gasteiger partial charge in [0, 0.05) is 5.69 Å². The highest BCUT2D eigenvalue weighted by Gasteiger charge is 2.33. The van der Waals surface area contributed by atoms with Gasteiger partial charge >= 0.3 is 12.3 Å². The van der Waals surface area contributed by atoms with Crippen LogP contribution in [0.1, 0.15) is 12.5 Å². The lowest BCUT2D eigenvalue weighted by Gasteiger charge is -2.18. The predicted octanol–water partition coefficient (Wildman–Crippen LogP) is 3.05. The van der Waals surface area contributed by atoms with E-state index in [1.807, 2.05) is 0 Å². The molecule has 2 rings (SSSR count). The number of ether oxygens (including phenoxy) is 1. The van der Waals surface area contributed by atoms with Crippen LogP contribution in [-0.4, -0.2) is 18.7 Å². The Morgan fingerprint density at radius 1 is 1.29 bits per heavy atom. The van der Waals surface area contributed by atoms with Crippen molar-refractivity contribution in [1.82, 2.24) is 0 Å². The van der Waals surface area contributed by atoms with Crippen molar-refractivity contribution in [2.24, 2.45) is 0 Å². The van der Waals surface area contributed by atoms with Gasteiger partial charge in [-0.25, -0.2) is 4.79 Å². The van der Waals surface area contributed by atoms with Gasteiger partial charge < -0.3 is 4.74 Å². The topological polar surface area (TPSA) is 29.5 Å². The predicted molar refractivity (Wildman–Crippen MR) is 54.7 cm³/mol. The molecule has 1 atom stereocenters. The Morgan fingerprint density at radius 2 is 1.88 bits per heavy atom. The molecule has 92 valence electrons. The van der Waals surface area contributed by atoms with E-state index in [0.29, 0.717) is 5.69 Å². The first-order valence-corrected chi connectivity index (χ1v) is 5.03. The largest absolute Gasteiger partial charge is 0.447 e. The highest BCUT2D eigenvalue weighted by molar-refractivity contribution is 5.90. The molecule has 0 bridgehead atoms. The van der Waals surface area contributed by atoms with Crippen LogP contribution in [0, 0.1) is 0 Å². The van der Waals surface area contributed by atoms with Gasteiger partial charge in [-0.1, -0.05) is 0 Å². The van der Waals surface area contributed by atoms with Crippen molar-refractivity contribution in [2.75, 3.05) is 11.5 Å². The van der Waals surface area contributed by atoms with E-state index in [-0.39, 0.29) is 12.6 Å². The number of carbonyl (C=O) groups excluding carboxylic acids is 1. The molecule has 0 aromatic heterocycles. The molecule has 1 aliphatic rings. The van der Waals surface area contributed by atoms with Crippen molar-refractivity contribution in [3.63, 3.8) is 0 Å². The van der Waals surface area contributed by atoms with E-state index < -0.39 is 17.8 Å². The number of anilines is 1. The van der Waals surface area contributed by atoms with Gasteiger partial charge in [-0.15, -0.1) is 0 Å². The molecular weight excluding hydrogens is 235 g/mol. The number of amides is 1. The second-order valence-electron chi connectivity index (χ2n) is 3.84. The van der Waals surface area contributed by atoms with E-state index in [1.54, 1.807) is 6.92 Å². The monoisotopic (exact) mass is 245 g/mol. The lowest BCUT2D eigenvalue weighted by molar-refractivity contribution is -0.137. The molecule has 0 unspecified atom stereocenters. The van der Waals surface area contributed by atoms with Crippen LogP contribution in [0.4, 0.5) is 23.7 Å². The van der Waals surface area contributed by atoms with E-state index >= 15 is 0 Å². The third-order valence-electron chi connectivity index (χ3n) is 2.56. The van der Waals surface area contributed by atoms with Crippen LogP contribution in [0.2, 0.25) is 0 Å². The Labute approximate surface area is 95.8 Å². The van der Waals surface area contributed by atoms with Crippen LogP contribution in [0.5, 0.6) is 0 Å². The van der Waals surface area contributed by atoms with Crippen molar-refractivity contribution >= 4 is 11.8 Å². The van der Waals surface area contributed by atoms with Gasteiger partial charge in [0.2, 0.25) is 0 Å². The minimum atomic E-state index is -4.37. The highest BCUT2D eigenvalue weighted by Crippen LogP contribution is 2.31. The molecule has 17 heavy (non-hydrogen) atoms. The van der Waals surface area contributed by atoms with Crippen molar-refractivity contribution in [1.29, 1.82) is 0 Å². The minimum absolute atomic E-state index is 0.167. The van der Waals surface area contributed by atoms with Gasteiger partial charge in [0.1, 0.15) is 6.61 Å². The van der Waals surface area contributed by atoms with Gasteiger partial charge in [0.25, 0.3) is 0 Å². The summed E-state index contributed by atoms with van der Waals surface area (Å²) in [6, 6.07) is 4.28. The fraction of sp³-hybridized carbons (Fsp3) is 0.364. The first kappa shape index (κ1) is 11.8. The Kier molecular flexibility index (Phi) is 2.73. The van der Waals surface area contributed by atoms with Gasteiger partial charge in [-0.05, 0) is 31.2 Å². The number of rotatable bonds is 1. The van der Waals surface area contributed by atoms with Gasteiger partial charge in [0.05, 0.1) is 11.6 Å². The van der Waals surface area contributed by atoms with Crippen LogP contribution in [0.15, 0.2) is 24.3 Å². The maximum absolute atomic E-state index is 12.3. The minimum Gasteiger partial charge on any atom is -0.447 e. The SMILES string of the molecule is C[C@@H]1COC(=O)N1c1ccc(C(F)(F)F)cc1. The van der Waals surface area contributed by atoms with Crippen molar-refractivity contribution in [3.05, 3.63) is 29.8 Å². The third kappa shape index (κ3) is 2.20. The molecule has 0 saturated carbocycles. The Bertz CT molecular complexity index is 427. The summed E-state index contributed by atoms with van der Waals surface area (Å²) in [5.74, 6) is 0. The van der Waals surface area contributed by atoms with Gasteiger partial charge in [-0.3, -0.25) is 4.90 Å². The molecule has 1 aromatic rings. The molecule has 1 aliphatic heterocycles. The summed E-state index contributed by atoms with van der Waals surface area (Å²) in [6.07, 6.45) is -4.90. The third-order valence-corrected chi connectivity index (χ3v) is 2.56. The number of nitrogens with zero attached hydrogens (tertiary/aromatic N) is 1. The lowest BCUT2D eigenvalue weighted by Crippen LogP contribution is -2.30. The fourth-order valence-corrected chi connectivity index (χ4v) is 1.69. The summed E-state index contributed by atoms with van der Waals surface area (Å²) >= 11 is 0. The van der Waals surface area contributed by atoms with E-state index in [4.69, 9.17) is 4.74 Å². The van der Waals surface area contributed by atoms with Crippen LogP contribution >= 0.6 is 0 Å². The molecule has 0 radical (unpaired) electrons. The second kappa shape index (κ2) is 3.94. The summed E-state index contributed by atoms with van der Waals surface area (Å²) in [5, 5.41) is 0. The standard InChI is InChI=1S/C11H10F3NO2/c1-7-6-17-10(16)15(7)9-4-2-8(3-5-9)11(12,13)14/h2-5,7H,6H2,1H3/t7-/m1/s1. The van der Waals surface area contributed by atoms with E-state index in [0.717, 1.165) is 12.1 Å². The molecule has 1 heterocycles. The average Bonchev–Trinajstić information content (AvgIpc) is 2.58. The number of hydrogen-bond acceptors (Lipinski definition) is 2. The number of carbonyl (C=O) groups is 1. The number of halogens is 3. The summed E-state index contributed by atoms with van der Waals surface area (Å²) < 4.78 is 41.8. The molecule has 1 aromatic carbocycles. The second-order valence-corrected chi connectivity index (χ2v) is 3.84. The maximum atomic E-state index is 12.3.